The van der Waals surface area contributed by atoms with Gasteiger partial charge in [0.1, 0.15) is 6.61 Å². The van der Waals surface area contributed by atoms with Crippen LogP contribution in [0.3, 0.4) is 0 Å². The fourth-order valence-corrected chi connectivity index (χ4v) is 3.72. The first kappa shape index (κ1) is 19.8. The van der Waals surface area contributed by atoms with E-state index in [4.69, 9.17) is 4.74 Å². The third-order valence-electron chi connectivity index (χ3n) is 4.15. The molecule has 2 aromatic carbocycles. The molecule has 0 amide bonds. The zero-order chi connectivity index (χ0) is 20.1. The molecule has 0 radical (unpaired) electrons. The number of aryl methyl sites for hydroxylation is 1. The molecule has 0 unspecified atom stereocenters. The molecule has 3 aromatic rings. The second-order valence-corrected chi connectivity index (χ2v) is 7.94. The Morgan fingerprint density at radius 2 is 1.93 bits per heavy atom. The summed E-state index contributed by atoms with van der Waals surface area (Å²) in [7, 11) is -3.64. The highest BCUT2D eigenvalue weighted by molar-refractivity contribution is 7.89. The van der Waals surface area contributed by atoms with E-state index in [1.807, 2.05) is 36.5 Å². The van der Waals surface area contributed by atoms with Crippen molar-refractivity contribution >= 4 is 16.0 Å². The fraction of sp³-hybridized carbons (Fsp3) is 0.200. The van der Waals surface area contributed by atoms with Crippen LogP contribution < -0.4 is 4.72 Å². The summed E-state index contributed by atoms with van der Waals surface area (Å²) in [6, 6.07) is 13.7. The van der Waals surface area contributed by atoms with Crippen LogP contribution in [0, 0.1) is 6.92 Å². The molecule has 1 N–H and O–H groups in total. The number of nitrogens with one attached hydrogen (secondary N) is 1. The summed E-state index contributed by atoms with van der Waals surface area (Å²) in [5, 5.41) is 4.16. The number of rotatable bonds is 7. The lowest BCUT2D eigenvalue weighted by Gasteiger charge is -2.10. The highest BCUT2D eigenvalue weighted by Crippen LogP contribution is 2.18. The molecule has 0 spiro atoms. The Morgan fingerprint density at radius 3 is 2.57 bits per heavy atom. The molecule has 28 heavy (non-hydrogen) atoms. The van der Waals surface area contributed by atoms with Crippen LogP contribution in [0.5, 0.6) is 0 Å². The second kappa shape index (κ2) is 8.37. The first-order chi connectivity index (χ1) is 13.4. The minimum atomic E-state index is -3.64. The molecule has 0 aliphatic rings. The van der Waals surface area contributed by atoms with Crippen LogP contribution in [0.4, 0.5) is 0 Å². The van der Waals surface area contributed by atoms with E-state index < -0.39 is 16.0 Å². The maximum Gasteiger partial charge on any atom is 0.338 e. The molecule has 1 heterocycles. The van der Waals surface area contributed by atoms with Crippen molar-refractivity contribution in [1.82, 2.24) is 14.5 Å². The summed E-state index contributed by atoms with van der Waals surface area (Å²) in [5.41, 5.74) is 2.59. The first-order valence-corrected chi connectivity index (χ1v) is 10.3. The number of sulfonamides is 1. The average Bonchev–Trinajstić information content (AvgIpc) is 3.21. The highest BCUT2D eigenvalue weighted by Gasteiger charge is 2.18. The van der Waals surface area contributed by atoms with Crippen LogP contribution in [0.2, 0.25) is 0 Å². The maximum atomic E-state index is 12.5. The molecular formula is C20H21N3O4S. The van der Waals surface area contributed by atoms with Crippen molar-refractivity contribution in [1.29, 1.82) is 0 Å². The van der Waals surface area contributed by atoms with Gasteiger partial charge < -0.3 is 4.74 Å². The standard InChI is InChI=1S/C20H21N3O4S/c1-3-22-28(25,26)18-10-5-15(2)19(13-18)20(24)27-14-16-6-8-17(9-7-16)23-12-4-11-21-23/h4-13,22H,3,14H2,1-2H3. The maximum absolute atomic E-state index is 12.5. The number of hydrogen-bond acceptors (Lipinski definition) is 5. The molecule has 0 atom stereocenters. The van der Waals surface area contributed by atoms with E-state index in [0.717, 1.165) is 11.3 Å². The predicted molar refractivity (Wildman–Crippen MR) is 105 cm³/mol. The van der Waals surface area contributed by atoms with Gasteiger partial charge >= 0.3 is 5.97 Å². The third-order valence-corrected chi connectivity index (χ3v) is 5.69. The van der Waals surface area contributed by atoms with Gasteiger partial charge in [-0.3, -0.25) is 0 Å². The van der Waals surface area contributed by atoms with Crippen LogP contribution in [-0.2, 0) is 21.4 Å². The van der Waals surface area contributed by atoms with E-state index in [0.29, 0.717) is 5.56 Å². The topological polar surface area (TPSA) is 90.3 Å². The molecule has 8 heteroatoms. The van der Waals surface area contributed by atoms with Crippen LogP contribution in [0.15, 0.2) is 65.8 Å². The number of ether oxygens (including phenoxy) is 1. The van der Waals surface area contributed by atoms with Crippen molar-refractivity contribution in [3.05, 3.63) is 77.6 Å². The molecule has 7 nitrogen and oxygen atoms in total. The van der Waals surface area contributed by atoms with Gasteiger partial charge in [0.05, 0.1) is 16.1 Å². The number of aromatic nitrogens is 2. The van der Waals surface area contributed by atoms with Crippen LogP contribution >= 0.6 is 0 Å². The fourth-order valence-electron chi connectivity index (χ4n) is 2.65. The van der Waals surface area contributed by atoms with Crippen LogP contribution in [-0.4, -0.2) is 30.7 Å². The lowest BCUT2D eigenvalue weighted by molar-refractivity contribution is 0.0471. The number of benzene rings is 2. The SMILES string of the molecule is CCNS(=O)(=O)c1ccc(C)c(C(=O)OCc2ccc(-n3cccn3)cc2)c1. The zero-order valence-electron chi connectivity index (χ0n) is 15.6. The van der Waals surface area contributed by atoms with E-state index in [2.05, 4.69) is 9.82 Å². The Morgan fingerprint density at radius 1 is 1.18 bits per heavy atom. The van der Waals surface area contributed by atoms with Gasteiger partial charge in [-0.25, -0.2) is 22.6 Å². The molecule has 0 saturated carbocycles. The normalized spacial score (nSPS) is 11.4. The lowest BCUT2D eigenvalue weighted by Crippen LogP contribution is -2.23. The van der Waals surface area contributed by atoms with E-state index in [1.54, 1.807) is 30.8 Å². The van der Waals surface area contributed by atoms with Gasteiger partial charge in [-0.1, -0.05) is 25.1 Å². The van der Waals surface area contributed by atoms with Gasteiger partial charge in [-0.05, 0) is 48.4 Å². The quantitative estimate of drug-likeness (QED) is 0.617. The largest absolute Gasteiger partial charge is 0.457 e. The van der Waals surface area contributed by atoms with Gasteiger partial charge in [0.2, 0.25) is 10.0 Å². The molecule has 0 saturated heterocycles. The molecule has 0 aliphatic carbocycles. The summed E-state index contributed by atoms with van der Waals surface area (Å²) in [6.07, 6.45) is 3.54. The minimum Gasteiger partial charge on any atom is -0.457 e. The van der Waals surface area contributed by atoms with Gasteiger partial charge in [0.15, 0.2) is 0 Å². The minimum absolute atomic E-state index is 0.0375. The van der Waals surface area contributed by atoms with Gasteiger partial charge in [-0.15, -0.1) is 0 Å². The lowest BCUT2D eigenvalue weighted by atomic mass is 10.1. The number of carbonyl (C=O) groups is 1. The Bertz CT molecular complexity index is 1060. The van der Waals surface area contributed by atoms with Gasteiger partial charge in [0, 0.05) is 18.9 Å². The summed E-state index contributed by atoms with van der Waals surface area (Å²) in [4.78, 5) is 12.5. The summed E-state index contributed by atoms with van der Waals surface area (Å²) in [6.45, 7) is 3.78. The van der Waals surface area contributed by atoms with Crippen molar-refractivity contribution in [3.8, 4) is 5.69 Å². The van der Waals surface area contributed by atoms with Crippen LogP contribution in [0.25, 0.3) is 5.69 Å². The number of carbonyl (C=O) groups excluding carboxylic acids is 1. The molecule has 3 rings (SSSR count). The average molecular weight is 399 g/mol. The molecule has 1 aromatic heterocycles. The van der Waals surface area contributed by atoms with E-state index in [9.17, 15) is 13.2 Å². The molecule has 0 bridgehead atoms. The smallest absolute Gasteiger partial charge is 0.338 e. The zero-order valence-corrected chi connectivity index (χ0v) is 16.4. The second-order valence-electron chi connectivity index (χ2n) is 6.17. The Kier molecular flexibility index (Phi) is 5.91. The van der Waals surface area contributed by atoms with Crippen molar-refractivity contribution in [2.75, 3.05) is 6.54 Å². The summed E-state index contributed by atoms with van der Waals surface area (Å²) < 4.78 is 33.8. The van der Waals surface area contributed by atoms with Crippen LogP contribution in [0.1, 0.15) is 28.4 Å². The predicted octanol–water partition coefficient (Wildman–Crippen LogP) is 2.84. The Hall–Kier alpha value is -2.97. The number of hydrogen-bond donors (Lipinski definition) is 1. The first-order valence-electron chi connectivity index (χ1n) is 8.77. The molecule has 0 fully saturated rings. The summed E-state index contributed by atoms with van der Waals surface area (Å²) >= 11 is 0. The monoisotopic (exact) mass is 399 g/mol. The number of nitrogens with zero attached hydrogens (tertiary/aromatic N) is 2. The van der Waals surface area contributed by atoms with E-state index >= 15 is 0 Å². The summed E-state index contributed by atoms with van der Waals surface area (Å²) in [5.74, 6) is -0.567. The van der Waals surface area contributed by atoms with Gasteiger partial charge in [0.25, 0.3) is 0 Å². The van der Waals surface area contributed by atoms with Gasteiger partial charge in [-0.2, -0.15) is 5.10 Å². The van der Waals surface area contributed by atoms with E-state index in [-0.39, 0.29) is 23.6 Å². The molecule has 0 aliphatic heterocycles. The highest BCUT2D eigenvalue weighted by atomic mass is 32.2. The van der Waals surface area contributed by atoms with Crippen molar-refractivity contribution in [2.45, 2.75) is 25.3 Å². The Balaban J connectivity index is 1.71. The third kappa shape index (κ3) is 4.47. The van der Waals surface area contributed by atoms with Crippen molar-refractivity contribution in [2.24, 2.45) is 0 Å². The Labute approximate surface area is 164 Å². The number of esters is 1. The van der Waals surface area contributed by atoms with Crippen molar-refractivity contribution < 1.29 is 17.9 Å². The van der Waals surface area contributed by atoms with Crippen molar-refractivity contribution in [3.63, 3.8) is 0 Å². The molecule has 146 valence electrons. The molecular weight excluding hydrogens is 378 g/mol. The van der Waals surface area contributed by atoms with E-state index in [1.165, 1.54) is 12.1 Å².